The van der Waals surface area contributed by atoms with Crippen LogP contribution in [0.1, 0.15) is 52.9 Å². The fraction of sp³-hybridized carbons (Fsp3) is 0.667. The highest BCUT2D eigenvalue weighted by Gasteiger charge is 2.09. The van der Waals surface area contributed by atoms with Gasteiger partial charge in [0.1, 0.15) is 0 Å². The van der Waals surface area contributed by atoms with Crippen LogP contribution >= 0.6 is 0 Å². The lowest BCUT2D eigenvalue weighted by molar-refractivity contribution is 0.363. The number of rotatable bonds is 9. The molecule has 1 nitrogen and oxygen atoms in total. The lowest BCUT2D eigenvalue weighted by Crippen LogP contribution is -2.05. The summed E-state index contributed by atoms with van der Waals surface area (Å²) in [6.45, 7) is 10.3. The summed E-state index contributed by atoms with van der Waals surface area (Å²) in [5.74, 6) is 1.71. The van der Waals surface area contributed by atoms with E-state index in [0.717, 1.165) is 11.8 Å². The second-order valence-electron chi connectivity index (χ2n) is 4.59. The lowest BCUT2D eigenvalue weighted by atomic mass is 9.88. The minimum Gasteiger partial charge on any atom is -0.273 e. The van der Waals surface area contributed by atoms with Crippen LogP contribution in [0.25, 0.3) is 0 Å². The molecule has 2 atom stereocenters. The summed E-state index contributed by atoms with van der Waals surface area (Å²) < 4.78 is 0. The van der Waals surface area contributed by atoms with E-state index < -0.39 is 0 Å². The topological polar surface area (TPSA) is 12.4 Å². The first-order valence-electron chi connectivity index (χ1n) is 6.52. The Labute approximate surface area is 101 Å². The van der Waals surface area contributed by atoms with Crippen LogP contribution in [0.15, 0.2) is 29.4 Å². The SMILES string of the molecule is C=N/C=C\C=C/C[C@H](CCC)C[C@@H](C)CC. The third-order valence-corrected chi connectivity index (χ3v) is 3.04. The van der Waals surface area contributed by atoms with E-state index in [9.17, 15) is 0 Å². The molecule has 0 aliphatic rings. The Balaban J connectivity index is 3.96. The van der Waals surface area contributed by atoms with Gasteiger partial charge in [-0.25, -0.2) is 0 Å². The van der Waals surface area contributed by atoms with Crippen molar-refractivity contribution in [2.45, 2.75) is 52.9 Å². The Morgan fingerprint density at radius 1 is 1.25 bits per heavy atom. The van der Waals surface area contributed by atoms with Gasteiger partial charge in [0.15, 0.2) is 0 Å². The Hall–Kier alpha value is -0.850. The predicted molar refractivity (Wildman–Crippen MR) is 74.9 cm³/mol. The molecule has 16 heavy (non-hydrogen) atoms. The third-order valence-electron chi connectivity index (χ3n) is 3.04. The van der Waals surface area contributed by atoms with Crippen LogP contribution in [-0.2, 0) is 0 Å². The first-order valence-corrected chi connectivity index (χ1v) is 6.52. The summed E-state index contributed by atoms with van der Waals surface area (Å²) in [4.78, 5) is 3.67. The molecule has 1 heteroatoms. The van der Waals surface area contributed by atoms with E-state index in [1.165, 1.54) is 32.1 Å². The zero-order chi connectivity index (χ0) is 12.2. The summed E-state index contributed by atoms with van der Waals surface area (Å²) in [6.07, 6.45) is 14.5. The monoisotopic (exact) mass is 221 g/mol. The molecule has 0 unspecified atom stereocenters. The molecule has 0 fully saturated rings. The van der Waals surface area contributed by atoms with Gasteiger partial charge in [0.05, 0.1) is 0 Å². The molecule has 0 heterocycles. The zero-order valence-electron chi connectivity index (χ0n) is 11.2. The predicted octanol–water partition coefficient (Wildman–Crippen LogP) is 5.00. The molecule has 0 aliphatic heterocycles. The van der Waals surface area contributed by atoms with E-state index in [4.69, 9.17) is 0 Å². The molecule has 0 aliphatic carbocycles. The van der Waals surface area contributed by atoms with Gasteiger partial charge in [0.25, 0.3) is 0 Å². The average molecular weight is 221 g/mol. The molecule has 0 amide bonds. The maximum atomic E-state index is 3.67. The summed E-state index contributed by atoms with van der Waals surface area (Å²) in [6, 6.07) is 0. The van der Waals surface area contributed by atoms with Crippen molar-refractivity contribution in [1.29, 1.82) is 0 Å². The molecule has 0 saturated heterocycles. The van der Waals surface area contributed by atoms with E-state index in [2.05, 4.69) is 44.6 Å². The number of hydrogen-bond acceptors (Lipinski definition) is 1. The number of nitrogens with zero attached hydrogens (tertiary/aromatic N) is 1. The maximum absolute atomic E-state index is 3.67. The zero-order valence-corrected chi connectivity index (χ0v) is 11.2. The molecule has 0 bridgehead atoms. The van der Waals surface area contributed by atoms with Gasteiger partial charge in [0.2, 0.25) is 0 Å². The van der Waals surface area contributed by atoms with E-state index in [0.29, 0.717) is 0 Å². The second-order valence-corrected chi connectivity index (χ2v) is 4.59. The summed E-state index contributed by atoms with van der Waals surface area (Å²) in [5.41, 5.74) is 0. The Morgan fingerprint density at radius 3 is 2.56 bits per heavy atom. The minimum absolute atomic E-state index is 0.848. The number of hydrogen-bond donors (Lipinski definition) is 0. The van der Waals surface area contributed by atoms with Crippen molar-refractivity contribution in [2.75, 3.05) is 0 Å². The molecule has 0 aromatic carbocycles. The van der Waals surface area contributed by atoms with Gasteiger partial charge in [-0.05, 0) is 37.5 Å². The van der Waals surface area contributed by atoms with E-state index in [1.807, 2.05) is 6.08 Å². The van der Waals surface area contributed by atoms with Crippen LogP contribution in [0.5, 0.6) is 0 Å². The van der Waals surface area contributed by atoms with Crippen molar-refractivity contribution < 1.29 is 0 Å². The Bertz CT molecular complexity index is 215. The summed E-state index contributed by atoms with van der Waals surface area (Å²) in [7, 11) is 0. The van der Waals surface area contributed by atoms with Crippen molar-refractivity contribution in [3.8, 4) is 0 Å². The first-order chi connectivity index (χ1) is 7.74. The van der Waals surface area contributed by atoms with Crippen LogP contribution in [0.3, 0.4) is 0 Å². The quantitative estimate of drug-likeness (QED) is 0.384. The van der Waals surface area contributed by atoms with Gasteiger partial charge >= 0.3 is 0 Å². The molecule has 0 aromatic heterocycles. The maximum Gasteiger partial charge on any atom is 0.0260 e. The van der Waals surface area contributed by atoms with E-state index in [1.54, 1.807) is 6.20 Å². The molecule has 0 rings (SSSR count). The number of aliphatic imine (C=N–C) groups is 1. The first kappa shape index (κ1) is 15.2. The van der Waals surface area contributed by atoms with Crippen molar-refractivity contribution >= 4 is 6.72 Å². The van der Waals surface area contributed by atoms with Crippen molar-refractivity contribution in [2.24, 2.45) is 16.8 Å². The number of allylic oxidation sites excluding steroid dienone is 3. The minimum atomic E-state index is 0.848. The molecular formula is C15H27N. The van der Waals surface area contributed by atoms with Crippen LogP contribution in [0, 0.1) is 11.8 Å². The highest BCUT2D eigenvalue weighted by molar-refractivity contribution is 5.26. The second kappa shape index (κ2) is 10.7. The molecule has 0 spiro atoms. The van der Waals surface area contributed by atoms with Crippen molar-refractivity contribution in [3.63, 3.8) is 0 Å². The molecular weight excluding hydrogens is 194 g/mol. The van der Waals surface area contributed by atoms with Gasteiger partial charge in [0, 0.05) is 6.20 Å². The van der Waals surface area contributed by atoms with E-state index in [-0.39, 0.29) is 0 Å². The fourth-order valence-corrected chi connectivity index (χ4v) is 1.94. The highest BCUT2D eigenvalue weighted by Crippen LogP contribution is 2.22. The fourth-order valence-electron chi connectivity index (χ4n) is 1.94. The lowest BCUT2D eigenvalue weighted by Gasteiger charge is -2.18. The van der Waals surface area contributed by atoms with Crippen LogP contribution in [0.2, 0.25) is 0 Å². The highest BCUT2D eigenvalue weighted by atomic mass is 14.6. The van der Waals surface area contributed by atoms with Crippen LogP contribution in [0.4, 0.5) is 0 Å². The molecule has 92 valence electrons. The molecule has 0 aromatic rings. The van der Waals surface area contributed by atoms with E-state index >= 15 is 0 Å². The van der Waals surface area contributed by atoms with Gasteiger partial charge in [-0.2, -0.15) is 0 Å². The third kappa shape index (κ3) is 8.46. The molecule has 0 radical (unpaired) electrons. The van der Waals surface area contributed by atoms with Crippen LogP contribution in [-0.4, -0.2) is 6.72 Å². The Morgan fingerprint density at radius 2 is 2.00 bits per heavy atom. The Kier molecular flexibility index (Phi) is 10.1. The van der Waals surface area contributed by atoms with Gasteiger partial charge in [-0.1, -0.05) is 52.2 Å². The van der Waals surface area contributed by atoms with Gasteiger partial charge in [-0.15, -0.1) is 0 Å². The van der Waals surface area contributed by atoms with Crippen molar-refractivity contribution in [1.82, 2.24) is 0 Å². The summed E-state index contributed by atoms with van der Waals surface area (Å²) >= 11 is 0. The van der Waals surface area contributed by atoms with Gasteiger partial charge < -0.3 is 0 Å². The van der Waals surface area contributed by atoms with Crippen molar-refractivity contribution in [3.05, 3.63) is 24.4 Å². The average Bonchev–Trinajstić information content (AvgIpc) is 2.28. The van der Waals surface area contributed by atoms with Crippen LogP contribution < -0.4 is 0 Å². The normalized spacial score (nSPS) is 15.7. The smallest absolute Gasteiger partial charge is 0.0260 e. The standard InChI is InChI=1S/C15H27N/c1-5-10-15(13-14(3)6-2)11-8-7-9-12-16-4/h7-9,12,14-15H,4-6,10-11,13H2,1-3H3/b8-7-,12-9-/t14-,15-/m0/s1. The van der Waals surface area contributed by atoms with Gasteiger partial charge in [-0.3, -0.25) is 4.99 Å². The molecule has 0 N–H and O–H groups in total. The molecule has 0 saturated carbocycles. The largest absolute Gasteiger partial charge is 0.273 e. The summed E-state index contributed by atoms with van der Waals surface area (Å²) in [5, 5.41) is 0.